The first-order chi connectivity index (χ1) is 11.5. The molecule has 4 nitrogen and oxygen atoms in total. The monoisotopic (exact) mass is 381 g/mol. The van der Waals surface area contributed by atoms with Gasteiger partial charge in [-0.05, 0) is 29.8 Å². The Morgan fingerprint density at radius 1 is 1.08 bits per heavy atom. The summed E-state index contributed by atoms with van der Waals surface area (Å²) in [5, 5.41) is 9.99. The number of thioether (sulfide) groups is 1. The number of rotatable bonds is 3. The van der Waals surface area contributed by atoms with Crippen LogP contribution in [0.5, 0.6) is 0 Å². The number of amides is 1. The van der Waals surface area contributed by atoms with E-state index < -0.39 is 23.3 Å². The van der Waals surface area contributed by atoms with Crippen LogP contribution < -0.4 is 0 Å². The van der Waals surface area contributed by atoms with Gasteiger partial charge in [0.2, 0.25) is 0 Å². The normalized spacial score (nSPS) is 20.2. The number of aliphatic carboxylic acids is 1. The molecular formula is C17H13Cl2NO3S. The molecule has 3 rings (SSSR count). The molecule has 0 saturated carbocycles. The zero-order valence-electron chi connectivity index (χ0n) is 12.4. The maximum absolute atomic E-state index is 13.0. The molecule has 1 heterocycles. The molecule has 1 aliphatic heterocycles. The molecule has 24 heavy (non-hydrogen) atoms. The summed E-state index contributed by atoms with van der Waals surface area (Å²) in [6.45, 7) is 0. The van der Waals surface area contributed by atoms with Crippen LogP contribution in [0.25, 0.3) is 0 Å². The minimum atomic E-state index is -1.03. The molecule has 7 heteroatoms. The van der Waals surface area contributed by atoms with Crippen molar-refractivity contribution in [2.75, 3.05) is 5.75 Å². The van der Waals surface area contributed by atoms with Crippen LogP contribution in [0.3, 0.4) is 0 Å². The van der Waals surface area contributed by atoms with Crippen molar-refractivity contribution in [2.24, 2.45) is 0 Å². The van der Waals surface area contributed by atoms with Crippen molar-refractivity contribution in [3.05, 3.63) is 69.7 Å². The molecule has 0 aromatic heterocycles. The van der Waals surface area contributed by atoms with Crippen LogP contribution >= 0.6 is 35.0 Å². The van der Waals surface area contributed by atoms with Gasteiger partial charge < -0.3 is 10.0 Å². The van der Waals surface area contributed by atoms with Crippen molar-refractivity contribution in [2.45, 2.75) is 11.4 Å². The lowest BCUT2D eigenvalue weighted by molar-refractivity contribution is -0.141. The summed E-state index contributed by atoms with van der Waals surface area (Å²) in [5.74, 6) is -1.10. The average molecular weight is 382 g/mol. The fraction of sp³-hybridized carbons (Fsp3) is 0.176. The lowest BCUT2D eigenvalue weighted by Crippen LogP contribution is -2.43. The largest absolute Gasteiger partial charge is 0.480 e. The number of benzene rings is 2. The van der Waals surface area contributed by atoms with Gasteiger partial charge in [-0.3, -0.25) is 4.79 Å². The van der Waals surface area contributed by atoms with Gasteiger partial charge in [-0.1, -0.05) is 47.5 Å². The average Bonchev–Trinajstić information content (AvgIpc) is 3.00. The second-order valence-electron chi connectivity index (χ2n) is 5.28. The van der Waals surface area contributed by atoms with E-state index in [4.69, 9.17) is 23.2 Å². The molecular weight excluding hydrogens is 369 g/mol. The molecule has 1 saturated heterocycles. The van der Waals surface area contributed by atoms with E-state index >= 15 is 0 Å². The summed E-state index contributed by atoms with van der Waals surface area (Å²) in [7, 11) is 0. The molecule has 0 radical (unpaired) electrons. The van der Waals surface area contributed by atoms with Crippen molar-refractivity contribution in [1.29, 1.82) is 0 Å². The number of halogens is 2. The van der Waals surface area contributed by atoms with Crippen LogP contribution in [0.2, 0.25) is 10.0 Å². The van der Waals surface area contributed by atoms with Gasteiger partial charge in [-0.15, -0.1) is 11.8 Å². The van der Waals surface area contributed by atoms with Crippen molar-refractivity contribution >= 4 is 46.8 Å². The lowest BCUT2D eigenvalue weighted by Gasteiger charge is -2.28. The Hall–Kier alpha value is -1.69. The maximum atomic E-state index is 13.0. The van der Waals surface area contributed by atoms with Gasteiger partial charge in [-0.25, -0.2) is 4.79 Å². The molecule has 1 aliphatic rings. The molecule has 2 aromatic carbocycles. The van der Waals surface area contributed by atoms with Gasteiger partial charge in [0.25, 0.3) is 5.91 Å². The molecule has 1 N–H and O–H groups in total. The van der Waals surface area contributed by atoms with Gasteiger partial charge in [0.05, 0.1) is 10.6 Å². The van der Waals surface area contributed by atoms with E-state index in [0.717, 1.165) is 5.56 Å². The van der Waals surface area contributed by atoms with Gasteiger partial charge in [0, 0.05) is 10.8 Å². The summed E-state index contributed by atoms with van der Waals surface area (Å²) >= 11 is 13.4. The molecule has 2 unspecified atom stereocenters. The molecule has 0 aliphatic carbocycles. The van der Waals surface area contributed by atoms with E-state index in [1.165, 1.54) is 16.7 Å². The summed E-state index contributed by atoms with van der Waals surface area (Å²) in [5.41, 5.74) is 1.13. The van der Waals surface area contributed by atoms with Crippen LogP contribution in [0, 0.1) is 0 Å². The number of nitrogens with zero attached hydrogens (tertiary/aromatic N) is 1. The number of carboxylic acids is 1. The molecule has 2 atom stereocenters. The van der Waals surface area contributed by atoms with Crippen LogP contribution in [0.4, 0.5) is 0 Å². The third-order valence-electron chi connectivity index (χ3n) is 3.78. The number of carbonyl (C=O) groups excluding carboxylic acids is 1. The summed E-state index contributed by atoms with van der Waals surface area (Å²) in [6.07, 6.45) is 0. The van der Waals surface area contributed by atoms with Gasteiger partial charge in [-0.2, -0.15) is 0 Å². The second-order valence-corrected chi connectivity index (χ2v) is 7.24. The topological polar surface area (TPSA) is 57.6 Å². The molecule has 0 bridgehead atoms. The van der Waals surface area contributed by atoms with E-state index in [1.54, 1.807) is 48.5 Å². The van der Waals surface area contributed by atoms with Crippen molar-refractivity contribution < 1.29 is 14.7 Å². The van der Waals surface area contributed by atoms with Crippen LogP contribution in [-0.2, 0) is 4.79 Å². The fourth-order valence-corrected chi connectivity index (χ4v) is 4.37. The Morgan fingerprint density at radius 3 is 2.38 bits per heavy atom. The van der Waals surface area contributed by atoms with E-state index in [-0.39, 0.29) is 0 Å². The van der Waals surface area contributed by atoms with Gasteiger partial charge in [0.1, 0.15) is 11.4 Å². The summed E-state index contributed by atoms with van der Waals surface area (Å²) in [4.78, 5) is 26.0. The molecule has 2 aromatic rings. The minimum absolute atomic E-state index is 0.298. The highest BCUT2D eigenvalue weighted by molar-refractivity contribution is 7.99. The predicted molar refractivity (Wildman–Crippen MR) is 95.7 cm³/mol. The number of hydrogen-bond donors (Lipinski definition) is 1. The Balaban J connectivity index is 2.01. The maximum Gasteiger partial charge on any atom is 0.327 e. The molecule has 1 fully saturated rings. The summed E-state index contributed by atoms with van der Waals surface area (Å²) in [6, 6.07) is 12.8. The highest BCUT2D eigenvalue weighted by Crippen LogP contribution is 2.43. The van der Waals surface area contributed by atoms with Crippen LogP contribution in [0.1, 0.15) is 21.3 Å². The first-order valence-electron chi connectivity index (χ1n) is 7.16. The molecule has 124 valence electrons. The van der Waals surface area contributed by atoms with E-state index in [0.29, 0.717) is 21.4 Å². The first-order valence-corrected chi connectivity index (χ1v) is 8.96. The zero-order chi connectivity index (χ0) is 17.3. The van der Waals surface area contributed by atoms with E-state index in [2.05, 4.69) is 0 Å². The van der Waals surface area contributed by atoms with Gasteiger partial charge in [0.15, 0.2) is 0 Å². The molecule has 0 spiro atoms. The van der Waals surface area contributed by atoms with E-state index in [1.807, 2.05) is 0 Å². The Kier molecular flexibility index (Phi) is 5.04. The Morgan fingerprint density at radius 2 is 1.75 bits per heavy atom. The van der Waals surface area contributed by atoms with Gasteiger partial charge >= 0.3 is 5.97 Å². The minimum Gasteiger partial charge on any atom is -0.480 e. The number of carboxylic acid groups (broad SMARTS) is 1. The smallest absolute Gasteiger partial charge is 0.327 e. The molecule has 1 amide bonds. The quantitative estimate of drug-likeness (QED) is 0.858. The number of hydrogen-bond acceptors (Lipinski definition) is 3. The third kappa shape index (κ3) is 3.24. The highest BCUT2D eigenvalue weighted by Gasteiger charge is 2.43. The second kappa shape index (κ2) is 7.05. The van der Waals surface area contributed by atoms with Crippen LogP contribution in [-0.4, -0.2) is 33.7 Å². The predicted octanol–water partition coefficient (Wildman–Crippen LogP) is 4.33. The zero-order valence-corrected chi connectivity index (χ0v) is 14.7. The Labute approximate surface area is 153 Å². The van der Waals surface area contributed by atoms with Crippen molar-refractivity contribution in [1.82, 2.24) is 4.90 Å². The first kappa shape index (κ1) is 17.1. The summed E-state index contributed by atoms with van der Waals surface area (Å²) < 4.78 is 0. The van der Waals surface area contributed by atoms with Crippen LogP contribution in [0.15, 0.2) is 48.5 Å². The van der Waals surface area contributed by atoms with Crippen molar-refractivity contribution in [3.8, 4) is 0 Å². The standard InChI is InChI=1S/C17H13Cl2NO3S/c18-11-7-5-10(6-8-11)16-20(14(9-24-16)17(22)23)15(21)12-3-1-2-4-13(12)19/h1-8,14,16H,9H2,(H,22,23). The van der Waals surface area contributed by atoms with Crippen molar-refractivity contribution in [3.63, 3.8) is 0 Å². The third-order valence-corrected chi connectivity index (χ3v) is 5.68. The number of carbonyl (C=O) groups is 2. The lowest BCUT2D eigenvalue weighted by atomic mass is 10.1. The highest BCUT2D eigenvalue weighted by atomic mass is 35.5. The van der Waals surface area contributed by atoms with E-state index in [9.17, 15) is 14.7 Å². The SMILES string of the molecule is O=C(O)C1CSC(c2ccc(Cl)cc2)N1C(=O)c1ccccc1Cl. The Bertz CT molecular complexity index is 782. The fourth-order valence-electron chi connectivity index (χ4n) is 2.60.